The Morgan fingerprint density at radius 2 is 2.12 bits per heavy atom. The number of nitrogen functional groups attached to an aromatic ring is 1. The molecule has 1 aromatic rings. The molecule has 0 bridgehead atoms. The molecule has 1 aromatic heterocycles. The van der Waals surface area contributed by atoms with Gasteiger partial charge in [-0.2, -0.15) is 10.2 Å². The van der Waals surface area contributed by atoms with Crippen LogP contribution in [0.15, 0.2) is 6.07 Å². The van der Waals surface area contributed by atoms with E-state index in [1.807, 2.05) is 0 Å². The molecule has 0 atom stereocenters. The van der Waals surface area contributed by atoms with Crippen molar-refractivity contribution in [2.45, 2.75) is 6.36 Å². The molecule has 1 rings (SSSR count). The van der Waals surface area contributed by atoms with Crippen LogP contribution in [0.2, 0.25) is 0 Å². The number of alkyl halides is 3. The van der Waals surface area contributed by atoms with Gasteiger partial charge in [-0.1, -0.05) is 0 Å². The van der Waals surface area contributed by atoms with Crippen molar-refractivity contribution in [1.82, 2.24) is 4.98 Å². The van der Waals surface area contributed by atoms with Gasteiger partial charge in [0.1, 0.15) is 11.6 Å². The standard InChI is InChI=1S/C8H6F3N3O2/c1-15-7-4(3-12)2-5(6(13)14-7)16-8(9,10)11/h2H,1H3,(H2,13,14). The average Bonchev–Trinajstić information content (AvgIpc) is 2.18. The maximum atomic E-state index is 11.9. The summed E-state index contributed by atoms with van der Waals surface area (Å²) in [6.45, 7) is 0. The molecule has 0 aliphatic carbocycles. The predicted octanol–water partition coefficient (Wildman–Crippen LogP) is 1.44. The fourth-order valence-corrected chi connectivity index (χ4v) is 0.934. The van der Waals surface area contributed by atoms with Crippen LogP contribution in [0.25, 0.3) is 0 Å². The highest BCUT2D eigenvalue weighted by atomic mass is 19.4. The quantitative estimate of drug-likeness (QED) is 0.835. The lowest BCUT2D eigenvalue weighted by Crippen LogP contribution is -2.18. The first-order valence-electron chi connectivity index (χ1n) is 3.87. The van der Waals surface area contributed by atoms with Gasteiger partial charge in [0.25, 0.3) is 0 Å². The molecule has 2 N–H and O–H groups in total. The molecule has 0 aliphatic rings. The number of hydrogen-bond acceptors (Lipinski definition) is 5. The van der Waals surface area contributed by atoms with Crippen molar-refractivity contribution in [2.75, 3.05) is 12.8 Å². The highest BCUT2D eigenvalue weighted by molar-refractivity contribution is 5.54. The van der Waals surface area contributed by atoms with E-state index in [-0.39, 0.29) is 11.4 Å². The van der Waals surface area contributed by atoms with Crippen molar-refractivity contribution >= 4 is 5.82 Å². The van der Waals surface area contributed by atoms with E-state index in [4.69, 9.17) is 11.0 Å². The minimum Gasteiger partial charge on any atom is -0.480 e. The van der Waals surface area contributed by atoms with Crippen molar-refractivity contribution in [2.24, 2.45) is 0 Å². The number of anilines is 1. The number of hydrogen-bond donors (Lipinski definition) is 1. The Morgan fingerprint density at radius 1 is 1.50 bits per heavy atom. The fourth-order valence-electron chi connectivity index (χ4n) is 0.934. The van der Waals surface area contributed by atoms with E-state index < -0.39 is 17.9 Å². The summed E-state index contributed by atoms with van der Waals surface area (Å²) in [5.41, 5.74) is 5.00. The summed E-state index contributed by atoms with van der Waals surface area (Å²) in [6, 6.07) is 2.42. The predicted molar refractivity (Wildman–Crippen MR) is 46.6 cm³/mol. The molecule has 0 radical (unpaired) electrons. The molecule has 0 aromatic carbocycles. The zero-order chi connectivity index (χ0) is 12.3. The van der Waals surface area contributed by atoms with E-state index >= 15 is 0 Å². The Kier molecular flexibility index (Phi) is 3.08. The average molecular weight is 233 g/mol. The maximum Gasteiger partial charge on any atom is 0.573 e. The molecular weight excluding hydrogens is 227 g/mol. The molecule has 0 fully saturated rings. The van der Waals surface area contributed by atoms with Crippen LogP contribution in [-0.2, 0) is 0 Å². The van der Waals surface area contributed by atoms with Crippen LogP contribution in [0.3, 0.4) is 0 Å². The van der Waals surface area contributed by atoms with Gasteiger partial charge in [0.05, 0.1) is 7.11 Å². The van der Waals surface area contributed by atoms with Crippen LogP contribution in [-0.4, -0.2) is 18.5 Å². The van der Waals surface area contributed by atoms with Crippen LogP contribution in [0.1, 0.15) is 5.56 Å². The lowest BCUT2D eigenvalue weighted by atomic mass is 10.3. The lowest BCUT2D eigenvalue weighted by Gasteiger charge is -2.11. The number of rotatable bonds is 2. The fraction of sp³-hybridized carbons (Fsp3) is 0.250. The van der Waals surface area contributed by atoms with Gasteiger partial charge in [-0.15, -0.1) is 13.2 Å². The molecule has 86 valence electrons. The second-order valence-electron chi connectivity index (χ2n) is 2.59. The van der Waals surface area contributed by atoms with Crippen LogP contribution in [0.5, 0.6) is 11.6 Å². The van der Waals surface area contributed by atoms with Crippen molar-refractivity contribution in [3.05, 3.63) is 11.6 Å². The second kappa shape index (κ2) is 4.14. The van der Waals surface area contributed by atoms with Crippen LogP contribution < -0.4 is 15.2 Å². The summed E-state index contributed by atoms with van der Waals surface area (Å²) in [4.78, 5) is 3.45. The molecule has 0 spiro atoms. The van der Waals surface area contributed by atoms with Crippen molar-refractivity contribution < 1.29 is 22.6 Å². The first-order chi connectivity index (χ1) is 7.37. The van der Waals surface area contributed by atoms with E-state index in [0.29, 0.717) is 0 Å². The third-order valence-corrected chi connectivity index (χ3v) is 1.52. The third kappa shape index (κ3) is 2.66. The Labute approximate surface area is 88.2 Å². The highest BCUT2D eigenvalue weighted by Crippen LogP contribution is 2.31. The Morgan fingerprint density at radius 3 is 2.56 bits per heavy atom. The number of nitrogens with two attached hydrogens (primary N) is 1. The number of ether oxygens (including phenoxy) is 2. The van der Waals surface area contributed by atoms with Crippen molar-refractivity contribution in [3.8, 4) is 17.7 Å². The molecule has 0 amide bonds. The molecule has 8 heteroatoms. The lowest BCUT2D eigenvalue weighted by molar-refractivity contribution is -0.274. The SMILES string of the molecule is COc1nc(N)c(OC(F)(F)F)cc1C#N. The van der Waals surface area contributed by atoms with Gasteiger partial charge >= 0.3 is 6.36 Å². The Hall–Kier alpha value is -2.17. The minimum absolute atomic E-state index is 0.158. The number of nitrogens with zero attached hydrogens (tertiary/aromatic N) is 2. The number of aromatic nitrogens is 1. The Balaban J connectivity index is 3.18. The maximum absolute atomic E-state index is 11.9. The van der Waals surface area contributed by atoms with Crippen LogP contribution in [0, 0.1) is 11.3 Å². The van der Waals surface area contributed by atoms with Gasteiger partial charge in [0.15, 0.2) is 11.6 Å². The molecule has 0 saturated carbocycles. The van der Waals surface area contributed by atoms with Crippen molar-refractivity contribution in [3.63, 3.8) is 0 Å². The molecule has 0 saturated heterocycles. The first-order valence-corrected chi connectivity index (χ1v) is 3.87. The van der Waals surface area contributed by atoms with E-state index in [2.05, 4.69) is 14.5 Å². The number of pyridine rings is 1. The first kappa shape index (κ1) is 11.9. The van der Waals surface area contributed by atoms with E-state index in [1.54, 1.807) is 6.07 Å². The monoisotopic (exact) mass is 233 g/mol. The molecule has 5 nitrogen and oxygen atoms in total. The summed E-state index contributed by atoms with van der Waals surface area (Å²) in [5, 5.41) is 8.62. The summed E-state index contributed by atoms with van der Waals surface area (Å²) in [6.07, 6.45) is -4.89. The summed E-state index contributed by atoms with van der Waals surface area (Å²) in [5.74, 6) is -1.40. The molecule has 0 aliphatic heterocycles. The summed E-state index contributed by atoms with van der Waals surface area (Å²) >= 11 is 0. The summed E-state index contributed by atoms with van der Waals surface area (Å²) < 4.78 is 44.0. The van der Waals surface area contributed by atoms with Crippen molar-refractivity contribution in [1.29, 1.82) is 5.26 Å². The zero-order valence-corrected chi connectivity index (χ0v) is 8.00. The van der Waals surface area contributed by atoms with E-state index in [0.717, 1.165) is 6.07 Å². The molecule has 0 unspecified atom stereocenters. The van der Waals surface area contributed by atoms with Crippen LogP contribution in [0.4, 0.5) is 19.0 Å². The Bertz CT molecular complexity index is 439. The second-order valence-corrected chi connectivity index (χ2v) is 2.59. The largest absolute Gasteiger partial charge is 0.573 e. The number of nitriles is 1. The smallest absolute Gasteiger partial charge is 0.480 e. The third-order valence-electron chi connectivity index (χ3n) is 1.52. The summed E-state index contributed by atoms with van der Waals surface area (Å²) in [7, 11) is 1.22. The zero-order valence-electron chi connectivity index (χ0n) is 8.00. The van der Waals surface area contributed by atoms with Gasteiger partial charge in [-0.25, -0.2) is 0 Å². The normalized spacial score (nSPS) is 10.7. The van der Waals surface area contributed by atoms with Gasteiger partial charge < -0.3 is 15.2 Å². The topological polar surface area (TPSA) is 81.2 Å². The van der Waals surface area contributed by atoms with E-state index in [9.17, 15) is 13.2 Å². The van der Waals surface area contributed by atoms with Gasteiger partial charge in [-0.05, 0) is 0 Å². The highest BCUT2D eigenvalue weighted by Gasteiger charge is 2.32. The molecule has 1 heterocycles. The minimum atomic E-state index is -4.89. The number of halogens is 3. The van der Waals surface area contributed by atoms with E-state index in [1.165, 1.54) is 7.11 Å². The molecule has 16 heavy (non-hydrogen) atoms. The van der Waals surface area contributed by atoms with Crippen LogP contribution >= 0.6 is 0 Å². The van der Waals surface area contributed by atoms with Gasteiger partial charge in [-0.3, -0.25) is 0 Å². The van der Waals surface area contributed by atoms with Gasteiger partial charge in [0, 0.05) is 6.07 Å². The molecular formula is C8H6F3N3O2. The number of methoxy groups -OCH3 is 1. The van der Waals surface area contributed by atoms with Gasteiger partial charge in [0.2, 0.25) is 5.88 Å².